The average molecular weight is 556 g/mol. The molecule has 222 valence electrons. The summed E-state index contributed by atoms with van der Waals surface area (Å²) in [4.78, 5) is 42.0. The molecule has 0 saturated heterocycles. The van der Waals surface area contributed by atoms with Gasteiger partial charge in [0.1, 0.15) is 17.7 Å². The summed E-state index contributed by atoms with van der Waals surface area (Å²) in [6.45, 7) is 6.95. The minimum atomic E-state index is -1.28. The summed E-state index contributed by atoms with van der Waals surface area (Å²) in [5, 5.41) is 15.8. The minimum absolute atomic E-state index is 0.0290. The third-order valence-corrected chi connectivity index (χ3v) is 7.13. The number of carbonyl (C=O) groups is 3. The van der Waals surface area contributed by atoms with E-state index in [1.54, 1.807) is 45.0 Å². The molecular weight excluding hydrogens is 506 g/mol. The molecule has 2 unspecified atom stereocenters. The summed E-state index contributed by atoms with van der Waals surface area (Å²) in [5.74, 6) is 1.80. The Morgan fingerprint density at radius 2 is 1.73 bits per heavy atom. The molecule has 1 aliphatic rings. The number of unbranched alkanes of at least 4 members (excludes halogenated alkanes) is 5. The lowest BCUT2D eigenvalue weighted by Crippen LogP contribution is -2.55. The minimum Gasteiger partial charge on any atom is -0.444 e. The second-order valence-corrected chi connectivity index (χ2v) is 11.7. The topological polar surface area (TPSA) is 108 Å². The van der Waals surface area contributed by atoms with Crippen LogP contribution in [0.2, 0.25) is 0 Å². The third kappa shape index (κ3) is 10.8. The fourth-order valence-electron chi connectivity index (χ4n) is 5.11. The molecule has 8 heteroatoms. The second kappa shape index (κ2) is 16.9. The van der Waals surface area contributed by atoms with Crippen molar-refractivity contribution < 1.29 is 24.2 Å². The van der Waals surface area contributed by atoms with E-state index in [4.69, 9.17) is 11.2 Å². The number of nitrogens with zero attached hydrogens (tertiary/aromatic N) is 1. The molecule has 1 aromatic rings. The Morgan fingerprint density at radius 3 is 2.35 bits per heavy atom. The number of terminal acetylenes is 1. The maximum absolute atomic E-state index is 14.0. The van der Waals surface area contributed by atoms with Gasteiger partial charge in [-0.3, -0.25) is 9.59 Å². The highest BCUT2D eigenvalue weighted by molar-refractivity contribution is 5.92. The van der Waals surface area contributed by atoms with Crippen molar-refractivity contribution in [3.05, 3.63) is 35.4 Å². The van der Waals surface area contributed by atoms with Gasteiger partial charge in [0.2, 0.25) is 11.8 Å². The van der Waals surface area contributed by atoms with Crippen molar-refractivity contribution in [2.24, 2.45) is 0 Å². The lowest BCUT2D eigenvalue weighted by molar-refractivity contribution is -0.143. The lowest BCUT2D eigenvalue weighted by atomic mass is 9.93. The van der Waals surface area contributed by atoms with Crippen LogP contribution in [0, 0.1) is 12.3 Å². The monoisotopic (exact) mass is 555 g/mol. The van der Waals surface area contributed by atoms with Gasteiger partial charge < -0.3 is 25.4 Å². The first-order chi connectivity index (χ1) is 19.1. The smallest absolute Gasteiger partial charge is 0.408 e. The van der Waals surface area contributed by atoms with Gasteiger partial charge in [-0.1, -0.05) is 82.4 Å². The number of nitrogens with one attached hydrogen (secondary N) is 2. The van der Waals surface area contributed by atoms with Crippen molar-refractivity contribution >= 4 is 17.9 Å². The summed E-state index contributed by atoms with van der Waals surface area (Å²) < 4.78 is 5.33. The van der Waals surface area contributed by atoms with Crippen molar-refractivity contribution in [2.45, 2.75) is 122 Å². The Bertz CT molecular complexity index is 991. The lowest BCUT2D eigenvalue weighted by Gasteiger charge is -2.36. The molecule has 1 fully saturated rings. The van der Waals surface area contributed by atoms with Crippen LogP contribution in [0.1, 0.15) is 115 Å². The van der Waals surface area contributed by atoms with Crippen LogP contribution in [0.25, 0.3) is 0 Å². The molecule has 0 spiro atoms. The number of aliphatic hydroxyl groups excluding tert-OH is 1. The van der Waals surface area contributed by atoms with Crippen LogP contribution in [0.5, 0.6) is 0 Å². The van der Waals surface area contributed by atoms with Crippen LogP contribution in [-0.4, -0.2) is 58.8 Å². The van der Waals surface area contributed by atoms with Crippen LogP contribution in [0.3, 0.4) is 0 Å². The molecule has 3 N–H and O–H groups in total. The number of carbonyl (C=O) groups excluding carboxylic acids is 3. The van der Waals surface area contributed by atoms with Crippen LogP contribution >= 0.6 is 0 Å². The molecule has 2 rings (SSSR count). The van der Waals surface area contributed by atoms with Gasteiger partial charge in [-0.25, -0.2) is 4.79 Å². The molecule has 3 amide bonds. The SMILES string of the molecule is C#Cc1ccccc1C(C(=O)NC1CCCCC1)N(CCCCCCCC)C(=O)C(CO)NC(=O)OC(C)(C)C. The molecule has 0 bridgehead atoms. The van der Waals surface area contributed by atoms with Crippen LogP contribution in [0.4, 0.5) is 4.79 Å². The standard InChI is InChI=1S/C32H49N3O5/c1-6-8-9-10-11-17-22-35(30(38)27(23-36)34-31(39)40-32(3,4)5)28(26-21-16-15-18-24(26)7-2)29(37)33-25-19-13-12-14-20-25/h2,15-16,18,21,25,27-28,36H,6,8-14,17,19-20,22-23H2,1,3-5H3,(H,33,37)(H,34,39). The molecule has 0 aliphatic heterocycles. The number of hydrogen-bond acceptors (Lipinski definition) is 5. The number of amides is 3. The number of rotatable bonds is 14. The second-order valence-electron chi connectivity index (χ2n) is 11.7. The summed E-state index contributed by atoms with van der Waals surface area (Å²) in [5.41, 5.74) is 0.290. The molecule has 0 aromatic heterocycles. The summed E-state index contributed by atoms with van der Waals surface area (Å²) in [7, 11) is 0. The van der Waals surface area contributed by atoms with Gasteiger partial charge in [-0.2, -0.15) is 0 Å². The van der Waals surface area contributed by atoms with Gasteiger partial charge in [0.15, 0.2) is 0 Å². The average Bonchev–Trinajstić information content (AvgIpc) is 2.92. The van der Waals surface area contributed by atoms with E-state index >= 15 is 0 Å². The zero-order valence-electron chi connectivity index (χ0n) is 24.8. The summed E-state index contributed by atoms with van der Waals surface area (Å²) in [6, 6.07) is 4.87. The van der Waals surface area contributed by atoms with Crippen molar-refractivity contribution in [1.82, 2.24) is 15.5 Å². The van der Waals surface area contributed by atoms with Gasteiger partial charge in [-0.05, 0) is 51.7 Å². The van der Waals surface area contributed by atoms with E-state index in [1.165, 1.54) is 4.90 Å². The first kappa shape index (κ1) is 33.2. The van der Waals surface area contributed by atoms with Crippen molar-refractivity contribution in [2.75, 3.05) is 13.2 Å². The number of hydrogen-bond donors (Lipinski definition) is 3. The quantitative estimate of drug-likeness (QED) is 0.215. The Hall–Kier alpha value is -3.05. The Balaban J connectivity index is 2.43. The van der Waals surface area contributed by atoms with E-state index in [1.807, 2.05) is 0 Å². The van der Waals surface area contributed by atoms with E-state index in [0.29, 0.717) is 17.5 Å². The van der Waals surface area contributed by atoms with Crippen molar-refractivity contribution in [3.63, 3.8) is 0 Å². The van der Waals surface area contributed by atoms with E-state index in [-0.39, 0.29) is 18.5 Å². The number of benzene rings is 1. The van der Waals surface area contributed by atoms with E-state index in [9.17, 15) is 19.5 Å². The molecule has 2 atom stereocenters. The van der Waals surface area contributed by atoms with Gasteiger partial charge in [0, 0.05) is 18.2 Å². The Kier molecular flexibility index (Phi) is 14.0. The molecule has 8 nitrogen and oxygen atoms in total. The molecule has 0 radical (unpaired) electrons. The summed E-state index contributed by atoms with van der Waals surface area (Å²) in [6.07, 6.45) is 16.0. The van der Waals surface area contributed by atoms with E-state index < -0.39 is 36.3 Å². The maximum Gasteiger partial charge on any atom is 0.408 e. The first-order valence-electron chi connectivity index (χ1n) is 14.9. The van der Waals surface area contributed by atoms with Crippen molar-refractivity contribution in [1.29, 1.82) is 0 Å². The highest BCUT2D eigenvalue weighted by atomic mass is 16.6. The summed E-state index contributed by atoms with van der Waals surface area (Å²) >= 11 is 0. The van der Waals surface area contributed by atoms with E-state index in [0.717, 1.165) is 64.2 Å². The van der Waals surface area contributed by atoms with Crippen LogP contribution in [-0.2, 0) is 14.3 Å². The highest BCUT2D eigenvalue weighted by Gasteiger charge is 2.37. The first-order valence-corrected chi connectivity index (χ1v) is 14.9. The fourth-order valence-corrected chi connectivity index (χ4v) is 5.11. The Labute approximate surface area is 240 Å². The zero-order valence-corrected chi connectivity index (χ0v) is 24.8. The largest absolute Gasteiger partial charge is 0.444 e. The van der Waals surface area contributed by atoms with Crippen LogP contribution in [0.15, 0.2) is 24.3 Å². The van der Waals surface area contributed by atoms with Gasteiger partial charge in [0.25, 0.3) is 0 Å². The fraction of sp³-hybridized carbons (Fsp3) is 0.656. The molecular formula is C32H49N3O5. The number of ether oxygens (including phenoxy) is 1. The molecule has 1 saturated carbocycles. The zero-order chi connectivity index (χ0) is 29.5. The number of aliphatic hydroxyl groups is 1. The predicted molar refractivity (Wildman–Crippen MR) is 157 cm³/mol. The molecule has 0 heterocycles. The molecule has 1 aromatic carbocycles. The van der Waals surface area contributed by atoms with Crippen molar-refractivity contribution in [3.8, 4) is 12.3 Å². The van der Waals surface area contributed by atoms with Crippen LogP contribution < -0.4 is 10.6 Å². The molecule has 40 heavy (non-hydrogen) atoms. The highest BCUT2D eigenvalue weighted by Crippen LogP contribution is 2.28. The number of alkyl carbamates (subject to hydrolysis) is 1. The van der Waals surface area contributed by atoms with Gasteiger partial charge >= 0.3 is 6.09 Å². The normalized spacial score (nSPS) is 15.4. The predicted octanol–water partition coefficient (Wildman–Crippen LogP) is 5.23. The van der Waals surface area contributed by atoms with E-state index in [2.05, 4.69) is 23.5 Å². The maximum atomic E-state index is 14.0. The third-order valence-electron chi connectivity index (χ3n) is 7.13. The van der Waals surface area contributed by atoms with Gasteiger partial charge in [0.05, 0.1) is 6.61 Å². The molecule has 1 aliphatic carbocycles. The Morgan fingerprint density at radius 1 is 1.07 bits per heavy atom. The van der Waals surface area contributed by atoms with Gasteiger partial charge in [-0.15, -0.1) is 6.42 Å².